The van der Waals surface area contributed by atoms with Crippen molar-refractivity contribution in [1.82, 2.24) is 0 Å². The lowest BCUT2D eigenvalue weighted by atomic mass is 9.51. The van der Waals surface area contributed by atoms with Crippen LogP contribution in [0.4, 0.5) is 5.69 Å². The number of esters is 1. The van der Waals surface area contributed by atoms with Crippen molar-refractivity contribution in [3.63, 3.8) is 0 Å². The van der Waals surface area contributed by atoms with Crippen LogP contribution in [0.2, 0.25) is 0 Å². The molecule has 5 aliphatic carbocycles. The fourth-order valence-electron chi connectivity index (χ4n) is 8.13. The van der Waals surface area contributed by atoms with E-state index in [9.17, 15) is 9.59 Å². The van der Waals surface area contributed by atoms with Gasteiger partial charge < -0.3 is 14.4 Å². The highest BCUT2D eigenvalue weighted by molar-refractivity contribution is 5.98. The summed E-state index contributed by atoms with van der Waals surface area (Å²) in [5, 5.41) is 0. The topological polar surface area (TPSA) is 55.8 Å². The number of anilines is 1. The van der Waals surface area contributed by atoms with Gasteiger partial charge in [-0.3, -0.25) is 4.79 Å². The highest BCUT2D eigenvalue weighted by atomic mass is 16.5. The number of rotatable bonds is 7. The Labute approximate surface area is 238 Å². The van der Waals surface area contributed by atoms with Gasteiger partial charge in [0.25, 0.3) is 0 Å². The van der Waals surface area contributed by atoms with Crippen molar-refractivity contribution in [2.24, 2.45) is 11.3 Å². The van der Waals surface area contributed by atoms with E-state index >= 15 is 0 Å². The Kier molecular flexibility index (Phi) is 7.50. The number of hydrogen-bond acceptors (Lipinski definition) is 4. The van der Waals surface area contributed by atoms with Crippen molar-refractivity contribution < 1.29 is 19.1 Å². The smallest absolute Gasteiger partial charge is 0.333 e. The van der Waals surface area contributed by atoms with Gasteiger partial charge in [-0.15, -0.1) is 0 Å². The van der Waals surface area contributed by atoms with Gasteiger partial charge in [-0.1, -0.05) is 43.5 Å². The molecule has 0 atom stereocenters. The van der Waals surface area contributed by atoms with Gasteiger partial charge >= 0.3 is 5.97 Å². The van der Waals surface area contributed by atoms with Crippen LogP contribution in [0.1, 0.15) is 93.7 Å². The van der Waals surface area contributed by atoms with Crippen LogP contribution in [0.15, 0.2) is 48.0 Å². The van der Waals surface area contributed by atoms with E-state index in [1.807, 2.05) is 6.08 Å². The maximum absolute atomic E-state index is 14.3. The number of carbonyl (C=O) groups is 2. The molecule has 0 radical (unpaired) electrons. The predicted octanol–water partition coefficient (Wildman–Crippen LogP) is 7.40. The van der Waals surface area contributed by atoms with E-state index in [0.717, 1.165) is 74.9 Å². The molecule has 212 valence electrons. The second-order valence-electron chi connectivity index (χ2n) is 12.8. The Morgan fingerprint density at radius 1 is 0.875 bits per heavy atom. The molecule has 0 heterocycles. The van der Waals surface area contributed by atoms with Gasteiger partial charge in [0, 0.05) is 23.7 Å². The van der Waals surface area contributed by atoms with Crippen LogP contribution in [0.5, 0.6) is 5.75 Å². The van der Waals surface area contributed by atoms with Gasteiger partial charge in [0.2, 0.25) is 5.91 Å². The average molecular weight is 542 g/mol. The Morgan fingerprint density at radius 2 is 1.57 bits per heavy atom. The minimum absolute atomic E-state index is 0.122. The highest BCUT2D eigenvalue weighted by Crippen LogP contribution is 2.58. The molecule has 0 saturated heterocycles. The summed E-state index contributed by atoms with van der Waals surface area (Å²) < 4.78 is 10.4. The van der Waals surface area contributed by atoms with Gasteiger partial charge in [0.05, 0.1) is 14.2 Å². The standard InChI is InChI=1S/C35H43NO4/c1-39-29-14-12-28(13-15-29)35-20-17-34(18-21-35,19-22-35)24-36(32(37)25-7-4-3-5-8-25)31-10-6-9-26-23-27(33(38)40-2)11-16-30(26)31/h6,9-10,12-15,23,25H,3-5,7-8,11,16-22,24H2,1-2H3. The second kappa shape index (κ2) is 11.1. The summed E-state index contributed by atoms with van der Waals surface area (Å²) >= 11 is 0. The minimum atomic E-state index is -0.255. The number of carbonyl (C=O) groups excluding carboxylic acids is 2. The molecule has 2 aromatic carbocycles. The molecule has 0 spiro atoms. The SMILES string of the molecule is COC(=O)C1=Cc2cccc(N(CC34CCC(c5ccc(OC)cc5)(CC3)CC4)C(=O)C3CCCCC3)c2CC1. The largest absolute Gasteiger partial charge is 0.497 e. The van der Waals surface area contributed by atoms with E-state index in [0.29, 0.717) is 17.9 Å². The fraction of sp³-hybridized carbons (Fsp3) is 0.543. The first kappa shape index (κ1) is 27.1. The first-order valence-corrected chi connectivity index (χ1v) is 15.3. The lowest BCUT2D eigenvalue weighted by molar-refractivity contribution is -0.136. The van der Waals surface area contributed by atoms with Gasteiger partial charge in [-0.25, -0.2) is 4.79 Å². The molecule has 40 heavy (non-hydrogen) atoms. The van der Waals surface area contributed by atoms with Gasteiger partial charge in [0.1, 0.15) is 5.75 Å². The van der Waals surface area contributed by atoms with Gasteiger partial charge in [0.15, 0.2) is 0 Å². The van der Waals surface area contributed by atoms with Gasteiger partial charge in [-0.2, -0.15) is 0 Å². The van der Waals surface area contributed by atoms with Crippen molar-refractivity contribution in [3.8, 4) is 5.75 Å². The number of fused-ring (bicyclic) bond motifs is 4. The number of nitrogens with zero attached hydrogens (tertiary/aromatic N) is 1. The number of benzene rings is 2. The van der Waals surface area contributed by atoms with E-state index in [1.165, 1.54) is 43.9 Å². The van der Waals surface area contributed by atoms with Crippen molar-refractivity contribution in [1.29, 1.82) is 0 Å². The summed E-state index contributed by atoms with van der Waals surface area (Å²) in [4.78, 5) is 28.8. The van der Waals surface area contributed by atoms with Crippen LogP contribution < -0.4 is 9.64 Å². The molecule has 1 amide bonds. The number of hydrogen-bond donors (Lipinski definition) is 0. The van der Waals surface area contributed by atoms with Crippen LogP contribution in [-0.4, -0.2) is 32.6 Å². The zero-order valence-corrected chi connectivity index (χ0v) is 24.2. The Bertz CT molecular complexity index is 1260. The van der Waals surface area contributed by atoms with Crippen molar-refractivity contribution in [2.45, 2.75) is 88.9 Å². The number of methoxy groups -OCH3 is 2. The summed E-state index contributed by atoms with van der Waals surface area (Å²) in [6.45, 7) is 0.811. The van der Waals surface area contributed by atoms with E-state index in [-0.39, 0.29) is 22.7 Å². The third-order valence-electron chi connectivity index (χ3n) is 10.7. The molecular formula is C35H43NO4. The van der Waals surface area contributed by atoms with Crippen molar-refractivity contribution in [2.75, 3.05) is 25.7 Å². The molecule has 0 aliphatic heterocycles. The number of ether oxygens (including phenoxy) is 2. The zero-order valence-electron chi connectivity index (χ0n) is 24.2. The summed E-state index contributed by atoms with van der Waals surface area (Å²) in [6.07, 6.45) is 16.0. The molecule has 4 fully saturated rings. The Balaban J connectivity index is 1.29. The fourth-order valence-corrected chi connectivity index (χ4v) is 8.13. The molecule has 5 nitrogen and oxygen atoms in total. The van der Waals surface area contributed by atoms with E-state index in [1.54, 1.807) is 7.11 Å². The maximum Gasteiger partial charge on any atom is 0.333 e. The minimum Gasteiger partial charge on any atom is -0.497 e. The molecule has 5 aliphatic rings. The molecule has 4 saturated carbocycles. The number of amides is 1. The normalized spacial score (nSPS) is 26.0. The van der Waals surface area contributed by atoms with Crippen molar-refractivity contribution in [3.05, 3.63) is 64.7 Å². The zero-order chi connectivity index (χ0) is 27.7. The summed E-state index contributed by atoms with van der Waals surface area (Å²) in [6, 6.07) is 15.0. The highest BCUT2D eigenvalue weighted by Gasteiger charge is 2.50. The predicted molar refractivity (Wildman–Crippen MR) is 158 cm³/mol. The molecule has 7 rings (SSSR count). The Morgan fingerprint density at radius 3 is 2.23 bits per heavy atom. The Hall–Kier alpha value is -3.08. The van der Waals surface area contributed by atoms with Crippen LogP contribution in [0.25, 0.3) is 6.08 Å². The molecule has 2 bridgehead atoms. The van der Waals surface area contributed by atoms with Crippen LogP contribution >= 0.6 is 0 Å². The average Bonchev–Trinajstić information content (AvgIpc) is 3.03. The van der Waals surface area contributed by atoms with E-state index in [2.05, 4.69) is 47.4 Å². The van der Waals surface area contributed by atoms with E-state index < -0.39 is 0 Å². The molecule has 5 heteroatoms. The third-order valence-corrected chi connectivity index (χ3v) is 10.7. The maximum atomic E-state index is 14.3. The summed E-state index contributed by atoms with van der Waals surface area (Å²) in [5.41, 5.74) is 5.91. The van der Waals surface area contributed by atoms with Crippen LogP contribution in [-0.2, 0) is 26.2 Å². The molecule has 0 unspecified atom stereocenters. The first-order valence-electron chi connectivity index (χ1n) is 15.3. The molecule has 0 N–H and O–H groups in total. The molecule has 2 aromatic rings. The van der Waals surface area contributed by atoms with Crippen LogP contribution in [0, 0.1) is 11.3 Å². The monoisotopic (exact) mass is 541 g/mol. The van der Waals surface area contributed by atoms with E-state index in [4.69, 9.17) is 9.47 Å². The quantitative estimate of drug-likeness (QED) is 0.343. The molecular weight excluding hydrogens is 498 g/mol. The molecule has 0 aromatic heterocycles. The lowest BCUT2D eigenvalue weighted by Gasteiger charge is -2.55. The van der Waals surface area contributed by atoms with Gasteiger partial charge in [-0.05, 0) is 116 Å². The first-order chi connectivity index (χ1) is 19.5. The second-order valence-corrected chi connectivity index (χ2v) is 12.8. The van der Waals surface area contributed by atoms with Crippen molar-refractivity contribution >= 4 is 23.6 Å². The van der Waals surface area contributed by atoms with Crippen LogP contribution in [0.3, 0.4) is 0 Å². The third kappa shape index (κ3) is 4.97. The summed E-state index contributed by atoms with van der Waals surface area (Å²) in [7, 11) is 3.16. The lowest BCUT2D eigenvalue weighted by Crippen LogP contribution is -2.51. The summed E-state index contributed by atoms with van der Waals surface area (Å²) in [5.74, 6) is 1.10.